The molecule has 0 radical (unpaired) electrons. The van der Waals surface area contributed by atoms with E-state index in [1.807, 2.05) is 23.5 Å². The lowest BCUT2D eigenvalue weighted by molar-refractivity contribution is -0.143. The van der Waals surface area contributed by atoms with Gasteiger partial charge in [-0.25, -0.2) is 4.79 Å². The Morgan fingerprint density at radius 3 is 2.20 bits per heavy atom. The van der Waals surface area contributed by atoms with Crippen LogP contribution in [0.15, 0.2) is 47.1 Å². The zero-order chi connectivity index (χ0) is 22.1. The summed E-state index contributed by atoms with van der Waals surface area (Å²) in [6, 6.07) is 5.61. The normalized spacial score (nSPS) is 12.2. The third kappa shape index (κ3) is 5.26. The fourth-order valence-corrected chi connectivity index (χ4v) is 3.23. The molecule has 160 valence electrons. The first-order valence-corrected chi connectivity index (χ1v) is 9.32. The molecule has 0 aliphatic heterocycles. The molecule has 30 heavy (non-hydrogen) atoms. The Bertz CT molecular complexity index is 1040. The van der Waals surface area contributed by atoms with Gasteiger partial charge in [0.05, 0.1) is 11.1 Å². The maximum Gasteiger partial charge on any atom is 0.416 e. The summed E-state index contributed by atoms with van der Waals surface area (Å²) in [5, 5.41) is 5.38. The molecular weight excluding hydrogens is 480 g/mol. The number of urea groups is 1. The van der Waals surface area contributed by atoms with E-state index in [1.165, 1.54) is 0 Å². The molecule has 0 unspecified atom stereocenters. The van der Waals surface area contributed by atoms with Crippen molar-refractivity contribution in [1.82, 2.24) is 10.3 Å². The minimum Gasteiger partial charge on any atom is -0.361 e. The molecule has 0 saturated heterocycles. The molecule has 0 bridgehead atoms. The van der Waals surface area contributed by atoms with Crippen LogP contribution in [0.2, 0.25) is 0 Å². The number of carbonyl (C=O) groups is 1. The molecule has 4 nitrogen and oxygen atoms in total. The maximum absolute atomic E-state index is 12.9. The monoisotopic (exact) mass is 493 g/mol. The average molecular weight is 494 g/mol. The summed E-state index contributed by atoms with van der Waals surface area (Å²) in [6.07, 6.45) is -7.81. The van der Waals surface area contributed by atoms with Crippen LogP contribution in [0.3, 0.4) is 0 Å². The van der Waals surface area contributed by atoms with E-state index in [0.717, 1.165) is 20.9 Å². The Hall–Kier alpha value is -2.69. The van der Waals surface area contributed by atoms with E-state index in [2.05, 4.69) is 26.2 Å². The van der Waals surface area contributed by atoms with Crippen LogP contribution >= 0.6 is 15.9 Å². The fraction of sp³-hybridized carbons (Fsp3) is 0.211. The number of H-pyrrole nitrogens is 1. The quantitative estimate of drug-likeness (QED) is 0.365. The number of anilines is 1. The highest BCUT2D eigenvalue weighted by Gasteiger charge is 2.37. The van der Waals surface area contributed by atoms with Gasteiger partial charge in [-0.3, -0.25) is 0 Å². The Morgan fingerprint density at radius 2 is 1.60 bits per heavy atom. The van der Waals surface area contributed by atoms with Crippen LogP contribution in [0.5, 0.6) is 0 Å². The van der Waals surface area contributed by atoms with Gasteiger partial charge in [-0.1, -0.05) is 15.9 Å². The van der Waals surface area contributed by atoms with E-state index >= 15 is 0 Å². The van der Waals surface area contributed by atoms with Crippen molar-refractivity contribution in [2.24, 2.45) is 0 Å². The second-order valence-electron chi connectivity index (χ2n) is 6.43. The Morgan fingerprint density at radius 1 is 0.967 bits per heavy atom. The van der Waals surface area contributed by atoms with Gasteiger partial charge in [-0.2, -0.15) is 26.3 Å². The first-order chi connectivity index (χ1) is 13.9. The second-order valence-corrected chi connectivity index (χ2v) is 7.34. The highest BCUT2D eigenvalue weighted by atomic mass is 79.9. The van der Waals surface area contributed by atoms with Crippen molar-refractivity contribution in [1.29, 1.82) is 0 Å². The third-order valence-corrected chi connectivity index (χ3v) is 4.75. The molecule has 0 saturated carbocycles. The highest BCUT2D eigenvalue weighted by molar-refractivity contribution is 9.10. The molecule has 0 spiro atoms. The zero-order valence-corrected chi connectivity index (χ0v) is 16.6. The van der Waals surface area contributed by atoms with Gasteiger partial charge in [0.25, 0.3) is 0 Å². The lowest BCUT2D eigenvalue weighted by atomic mass is 10.1. The van der Waals surface area contributed by atoms with Gasteiger partial charge in [-0.05, 0) is 48.4 Å². The average Bonchev–Trinajstić information content (AvgIpc) is 3.02. The predicted molar refractivity (Wildman–Crippen MR) is 103 cm³/mol. The zero-order valence-electron chi connectivity index (χ0n) is 15.0. The number of aromatic amines is 1. The number of aromatic nitrogens is 1. The molecule has 0 fully saturated rings. The first kappa shape index (κ1) is 22.0. The molecule has 3 rings (SSSR count). The van der Waals surface area contributed by atoms with E-state index < -0.39 is 35.2 Å². The smallest absolute Gasteiger partial charge is 0.361 e. The van der Waals surface area contributed by atoms with Crippen LogP contribution < -0.4 is 10.6 Å². The number of nitrogens with one attached hydrogen (secondary N) is 3. The molecule has 3 N–H and O–H groups in total. The van der Waals surface area contributed by atoms with Crippen LogP contribution in [-0.4, -0.2) is 17.6 Å². The van der Waals surface area contributed by atoms with Crippen LogP contribution in [0, 0.1) is 0 Å². The molecule has 0 aliphatic carbocycles. The van der Waals surface area contributed by atoms with Crippen molar-refractivity contribution in [3.05, 3.63) is 63.8 Å². The summed E-state index contributed by atoms with van der Waals surface area (Å²) in [4.78, 5) is 15.1. The number of benzene rings is 2. The number of rotatable bonds is 4. The Labute approximate surface area is 174 Å². The standard InChI is InChI=1S/C19H14BrF6N3O/c20-13-1-2-16-15(8-13)10(9-28-16)3-4-27-17(30)29-14-6-11(18(21,22)23)5-12(7-14)19(24,25)26/h1-2,5-9,28H,3-4H2,(H2,27,29,30). The lowest BCUT2D eigenvalue weighted by Crippen LogP contribution is -2.30. The number of hydrogen-bond acceptors (Lipinski definition) is 1. The molecule has 11 heteroatoms. The number of fused-ring (bicyclic) bond motifs is 1. The van der Waals surface area contributed by atoms with Gasteiger partial charge in [0.15, 0.2) is 0 Å². The van der Waals surface area contributed by atoms with Crippen LogP contribution in [0.1, 0.15) is 16.7 Å². The molecule has 2 amide bonds. The van der Waals surface area contributed by atoms with Crippen molar-refractivity contribution in [2.45, 2.75) is 18.8 Å². The van der Waals surface area contributed by atoms with Crippen molar-refractivity contribution in [2.75, 3.05) is 11.9 Å². The summed E-state index contributed by atoms with van der Waals surface area (Å²) in [6.45, 7) is 0.121. The summed E-state index contributed by atoms with van der Waals surface area (Å²) >= 11 is 3.37. The number of carbonyl (C=O) groups excluding carboxylic acids is 1. The largest absolute Gasteiger partial charge is 0.416 e. The molecule has 3 aromatic rings. The van der Waals surface area contributed by atoms with Crippen LogP contribution in [0.4, 0.5) is 36.8 Å². The number of amides is 2. The van der Waals surface area contributed by atoms with E-state index in [4.69, 9.17) is 0 Å². The van der Waals surface area contributed by atoms with Gasteiger partial charge in [-0.15, -0.1) is 0 Å². The number of hydrogen-bond donors (Lipinski definition) is 3. The second kappa shape index (κ2) is 8.21. The van der Waals surface area contributed by atoms with E-state index in [9.17, 15) is 31.1 Å². The SMILES string of the molecule is O=C(NCCc1c[nH]c2ccc(Br)cc12)Nc1cc(C(F)(F)F)cc(C(F)(F)F)c1. The Balaban J connectivity index is 1.67. The molecule has 2 aromatic carbocycles. The summed E-state index contributed by atoms with van der Waals surface area (Å²) in [7, 11) is 0. The molecular formula is C19H14BrF6N3O. The minimum atomic E-state index is -4.99. The van der Waals surface area contributed by atoms with E-state index in [-0.39, 0.29) is 12.6 Å². The van der Waals surface area contributed by atoms with Gasteiger partial charge >= 0.3 is 18.4 Å². The maximum atomic E-state index is 12.9. The Kier molecular flexibility index (Phi) is 6.02. The number of alkyl halides is 6. The van der Waals surface area contributed by atoms with E-state index in [0.29, 0.717) is 18.6 Å². The molecule has 0 atom stereocenters. The highest BCUT2D eigenvalue weighted by Crippen LogP contribution is 2.37. The summed E-state index contributed by atoms with van der Waals surface area (Å²) < 4.78 is 78.2. The van der Waals surface area contributed by atoms with Gasteiger partial charge in [0.1, 0.15) is 0 Å². The van der Waals surface area contributed by atoms with E-state index in [1.54, 1.807) is 6.20 Å². The summed E-state index contributed by atoms with van der Waals surface area (Å²) in [5.74, 6) is 0. The van der Waals surface area contributed by atoms with Crippen LogP contribution in [-0.2, 0) is 18.8 Å². The molecule has 0 aliphatic rings. The van der Waals surface area contributed by atoms with Gasteiger partial charge < -0.3 is 15.6 Å². The van der Waals surface area contributed by atoms with Gasteiger partial charge in [0.2, 0.25) is 0 Å². The van der Waals surface area contributed by atoms with Crippen molar-refractivity contribution in [3.63, 3.8) is 0 Å². The van der Waals surface area contributed by atoms with Gasteiger partial charge in [0, 0.05) is 33.8 Å². The van der Waals surface area contributed by atoms with Crippen LogP contribution in [0.25, 0.3) is 10.9 Å². The first-order valence-electron chi connectivity index (χ1n) is 8.53. The molecule has 1 heterocycles. The van der Waals surface area contributed by atoms with Crippen molar-refractivity contribution in [3.8, 4) is 0 Å². The van der Waals surface area contributed by atoms with Crippen molar-refractivity contribution < 1.29 is 31.1 Å². The topological polar surface area (TPSA) is 56.9 Å². The summed E-state index contributed by atoms with van der Waals surface area (Å²) in [5.41, 5.74) is -1.83. The number of halogens is 7. The predicted octanol–water partition coefficient (Wildman–Crippen LogP) is 6.33. The fourth-order valence-electron chi connectivity index (χ4n) is 2.87. The molecule has 1 aromatic heterocycles. The minimum absolute atomic E-state index is 0.00176. The lowest BCUT2D eigenvalue weighted by Gasteiger charge is -2.15. The van der Waals surface area contributed by atoms with Crippen molar-refractivity contribution >= 4 is 38.6 Å². The third-order valence-electron chi connectivity index (χ3n) is 4.25.